The minimum Gasteiger partial charge on any atom is -0.270 e. The van der Waals surface area contributed by atoms with Crippen molar-refractivity contribution in [3.63, 3.8) is 0 Å². The smallest absolute Gasteiger partial charge is 0.243 e. The highest BCUT2D eigenvalue weighted by Crippen LogP contribution is 2.32. The molecule has 0 N–H and O–H groups in total. The monoisotopic (exact) mass is 510 g/mol. The zero-order valence-corrected chi connectivity index (χ0v) is 20.7. The highest BCUT2D eigenvalue weighted by atomic mass is 35.5. The lowest BCUT2D eigenvalue weighted by Crippen LogP contribution is -2.27. The number of hydrogen-bond acceptors (Lipinski definition) is 5. The van der Waals surface area contributed by atoms with Crippen molar-refractivity contribution in [3.8, 4) is 17.1 Å². The van der Waals surface area contributed by atoms with Crippen LogP contribution in [0.4, 0.5) is 0 Å². The molecule has 0 spiro atoms. The topological polar surface area (TPSA) is 68.1 Å². The standard InChI is InChI=1S/C25H23ClN4O2S2/c26-21-10-6-8-19(16-21)18-33-25-28-27-24(30(25)22-11-2-1-3-12-22)20-9-7-13-23(17-20)34(31,32)29-14-4-5-15-29/h1-3,6-13,16-17H,4-5,14-15,18H2. The predicted octanol–water partition coefficient (Wildman–Crippen LogP) is 5.66. The van der Waals surface area contributed by atoms with Crippen LogP contribution >= 0.6 is 23.4 Å². The molecule has 1 aliphatic rings. The molecule has 174 valence electrons. The molecule has 1 aromatic heterocycles. The van der Waals surface area contributed by atoms with Crippen LogP contribution in [-0.2, 0) is 15.8 Å². The van der Waals surface area contributed by atoms with Gasteiger partial charge in [-0.3, -0.25) is 4.57 Å². The van der Waals surface area contributed by atoms with Crippen molar-refractivity contribution in [3.05, 3.63) is 89.4 Å². The highest BCUT2D eigenvalue weighted by molar-refractivity contribution is 7.98. The van der Waals surface area contributed by atoms with Gasteiger partial charge < -0.3 is 0 Å². The fraction of sp³-hybridized carbons (Fsp3) is 0.200. The van der Waals surface area contributed by atoms with E-state index in [2.05, 4.69) is 10.2 Å². The van der Waals surface area contributed by atoms with Crippen molar-refractivity contribution in [1.82, 2.24) is 19.1 Å². The Balaban J connectivity index is 1.53. The summed E-state index contributed by atoms with van der Waals surface area (Å²) < 4.78 is 29.8. The molecule has 6 nitrogen and oxygen atoms in total. The molecule has 1 aliphatic heterocycles. The fourth-order valence-electron chi connectivity index (χ4n) is 4.01. The third-order valence-corrected chi connectivity index (χ3v) is 8.83. The van der Waals surface area contributed by atoms with Crippen molar-refractivity contribution in [1.29, 1.82) is 0 Å². The van der Waals surface area contributed by atoms with Crippen LogP contribution in [0.1, 0.15) is 18.4 Å². The van der Waals surface area contributed by atoms with Crippen molar-refractivity contribution >= 4 is 33.4 Å². The number of thioether (sulfide) groups is 1. The van der Waals surface area contributed by atoms with Crippen LogP contribution in [0.2, 0.25) is 5.02 Å². The van der Waals surface area contributed by atoms with Gasteiger partial charge in [0.15, 0.2) is 11.0 Å². The first kappa shape index (κ1) is 23.1. The third-order valence-electron chi connectivity index (χ3n) is 5.70. The van der Waals surface area contributed by atoms with Crippen LogP contribution in [0.5, 0.6) is 0 Å². The van der Waals surface area contributed by atoms with Crippen LogP contribution in [0.25, 0.3) is 17.1 Å². The first-order chi connectivity index (χ1) is 16.5. The summed E-state index contributed by atoms with van der Waals surface area (Å²) in [4.78, 5) is 0.280. The first-order valence-corrected chi connectivity index (χ1v) is 13.8. The number of sulfonamides is 1. The first-order valence-electron chi connectivity index (χ1n) is 11.0. The molecule has 3 aromatic carbocycles. The Bertz CT molecular complexity index is 1400. The number of benzene rings is 3. The van der Waals surface area contributed by atoms with Crippen LogP contribution in [-0.4, -0.2) is 40.6 Å². The van der Waals surface area contributed by atoms with Crippen molar-refractivity contribution in [2.24, 2.45) is 0 Å². The molecule has 2 heterocycles. The quantitative estimate of drug-likeness (QED) is 0.300. The molecule has 1 saturated heterocycles. The Morgan fingerprint density at radius 2 is 1.65 bits per heavy atom. The predicted molar refractivity (Wildman–Crippen MR) is 136 cm³/mol. The summed E-state index contributed by atoms with van der Waals surface area (Å²) in [6, 6.07) is 24.6. The third kappa shape index (κ3) is 4.77. The maximum Gasteiger partial charge on any atom is 0.243 e. The second-order valence-corrected chi connectivity index (χ2v) is 11.4. The average molecular weight is 511 g/mol. The summed E-state index contributed by atoms with van der Waals surface area (Å²) in [6.45, 7) is 1.13. The average Bonchev–Trinajstić information content (AvgIpc) is 3.54. The molecular formula is C25H23ClN4O2S2. The minimum atomic E-state index is -3.53. The van der Waals surface area contributed by atoms with Gasteiger partial charge in [0.05, 0.1) is 4.90 Å². The van der Waals surface area contributed by atoms with Crippen LogP contribution < -0.4 is 0 Å². The Hall–Kier alpha value is -2.65. The maximum absolute atomic E-state index is 13.1. The Morgan fingerprint density at radius 1 is 0.882 bits per heavy atom. The van der Waals surface area contributed by atoms with E-state index in [9.17, 15) is 8.42 Å². The number of para-hydroxylation sites is 1. The molecule has 4 aromatic rings. The van der Waals surface area contributed by atoms with E-state index in [0.717, 1.165) is 24.1 Å². The lowest BCUT2D eigenvalue weighted by molar-refractivity contribution is 0.477. The molecule has 0 saturated carbocycles. The largest absolute Gasteiger partial charge is 0.270 e. The second-order valence-electron chi connectivity index (χ2n) is 8.03. The molecule has 0 aliphatic carbocycles. The van der Waals surface area contributed by atoms with Gasteiger partial charge in [0.25, 0.3) is 0 Å². The van der Waals surface area contributed by atoms with Gasteiger partial charge in [-0.05, 0) is 54.8 Å². The molecule has 0 bridgehead atoms. The number of aromatic nitrogens is 3. The van der Waals surface area contributed by atoms with E-state index < -0.39 is 10.0 Å². The van der Waals surface area contributed by atoms with Gasteiger partial charge in [-0.1, -0.05) is 65.8 Å². The lowest BCUT2D eigenvalue weighted by atomic mass is 10.2. The van der Waals surface area contributed by atoms with Gasteiger partial charge in [-0.2, -0.15) is 4.31 Å². The van der Waals surface area contributed by atoms with Crippen molar-refractivity contribution < 1.29 is 8.42 Å². The van der Waals surface area contributed by atoms with Crippen LogP contribution in [0, 0.1) is 0 Å². The van der Waals surface area contributed by atoms with E-state index in [1.165, 1.54) is 0 Å². The van der Waals surface area contributed by atoms with E-state index in [1.807, 2.05) is 65.2 Å². The molecule has 0 unspecified atom stereocenters. The summed E-state index contributed by atoms with van der Waals surface area (Å²) in [5.74, 6) is 1.27. The molecule has 9 heteroatoms. The molecule has 1 fully saturated rings. The summed E-state index contributed by atoms with van der Waals surface area (Å²) in [5.41, 5.74) is 2.69. The molecule has 34 heavy (non-hydrogen) atoms. The maximum atomic E-state index is 13.1. The van der Waals surface area contributed by atoms with Gasteiger partial charge in [0.2, 0.25) is 10.0 Å². The van der Waals surface area contributed by atoms with Gasteiger partial charge in [-0.15, -0.1) is 10.2 Å². The molecule has 5 rings (SSSR count). The fourth-order valence-corrected chi connectivity index (χ4v) is 6.68. The Labute approximate surface area is 208 Å². The van der Waals surface area contributed by atoms with E-state index in [0.29, 0.717) is 40.4 Å². The Kier molecular flexibility index (Phi) is 6.74. The normalized spacial score (nSPS) is 14.5. The highest BCUT2D eigenvalue weighted by Gasteiger charge is 2.28. The van der Waals surface area contributed by atoms with Gasteiger partial charge in [0, 0.05) is 35.1 Å². The second kappa shape index (κ2) is 9.92. The number of hydrogen-bond donors (Lipinski definition) is 0. The van der Waals surface area contributed by atoms with Gasteiger partial charge in [0.1, 0.15) is 0 Å². The SMILES string of the molecule is O=S(=O)(c1cccc(-c2nnc(SCc3cccc(Cl)c3)n2-c2ccccc2)c1)N1CCCC1. The minimum absolute atomic E-state index is 0.280. The number of nitrogens with zero attached hydrogens (tertiary/aromatic N) is 4. The van der Waals surface area contributed by atoms with Crippen molar-refractivity contribution in [2.45, 2.75) is 28.6 Å². The molecule has 0 atom stereocenters. The zero-order chi connectivity index (χ0) is 23.5. The van der Waals surface area contributed by atoms with Crippen LogP contribution in [0.3, 0.4) is 0 Å². The Morgan fingerprint density at radius 3 is 2.41 bits per heavy atom. The molecule has 0 amide bonds. The van der Waals surface area contributed by atoms with E-state index in [4.69, 9.17) is 11.6 Å². The number of halogens is 1. The number of rotatable bonds is 7. The van der Waals surface area contributed by atoms with E-state index in [-0.39, 0.29) is 4.90 Å². The summed E-state index contributed by atoms with van der Waals surface area (Å²) in [6.07, 6.45) is 1.79. The van der Waals surface area contributed by atoms with E-state index in [1.54, 1.807) is 34.3 Å². The van der Waals surface area contributed by atoms with E-state index >= 15 is 0 Å². The summed E-state index contributed by atoms with van der Waals surface area (Å²) in [7, 11) is -3.53. The van der Waals surface area contributed by atoms with Gasteiger partial charge in [-0.25, -0.2) is 8.42 Å². The summed E-state index contributed by atoms with van der Waals surface area (Å²) >= 11 is 7.70. The van der Waals surface area contributed by atoms with Gasteiger partial charge >= 0.3 is 0 Å². The molecular weight excluding hydrogens is 488 g/mol. The lowest BCUT2D eigenvalue weighted by Gasteiger charge is -2.16. The summed E-state index contributed by atoms with van der Waals surface area (Å²) in [5, 5.41) is 10.3. The van der Waals surface area contributed by atoms with Crippen molar-refractivity contribution in [2.75, 3.05) is 13.1 Å². The van der Waals surface area contributed by atoms with Crippen LogP contribution in [0.15, 0.2) is 88.9 Å². The zero-order valence-electron chi connectivity index (χ0n) is 18.3. The molecule has 0 radical (unpaired) electrons.